The van der Waals surface area contributed by atoms with Gasteiger partial charge < -0.3 is 4.74 Å². The van der Waals surface area contributed by atoms with Crippen LogP contribution in [-0.2, 0) is 9.53 Å². The third-order valence-corrected chi connectivity index (χ3v) is 1.63. The molecule has 2 atom stereocenters. The lowest BCUT2D eigenvalue weighted by atomic mass is 10.3. The maximum Gasteiger partial charge on any atom is 0.575 e. The Morgan fingerprint density at radius 2 is 2.00 bits per heavy atom. The van der Waals surface area contributed by atoms with E-state index < -0.39 is 18.2 Å². The lowest BCUT2D eigenvalue weighted by molar-refractivity contribution is -0.306. The summed E-state index contributed by atoms with van der Waals surface area (Å²) in [7, 11) is 0. The van der Waals surface area contributed by atoms with Crippen molar-refractivity contribution in [1.82, 2.24) is 0 Å². The molecule has 1 aliphatic carbocycles. The van der Waals surface area contributed by atoms with Gasteiger partial charge in [-0.05, 0) is 12.3 Å². The summed E-state index contributed by atoms with van der Waals surface area (Å²) in [6.07, 6.45) is -4.31. The van der Waals surface area contributed by atoms with Crippen LogP contribution in [0.2, 0.25) is 0 Å². The van der Waals surface area contributed by atoms with Crippen molar-refractivity contribution >= 4 is 5.97 Å². The van der Waals surface area contributed by atoms with Gasteiger partial charge >= 0.3 is 12.3 Å². The van der Waals surface area contributed by atoms with Crippen molar-refractivity contribution in [2.75, 3.05) is 0 Å². The third kappa shape index (κ3) is 2.40. The van der Waals surface area contributed by atoms with Crippen LogP contribution in [0.15, 0.2) is 0 Å². The summed E-state index contributed by atoms with van der Waals surface area (Å²) < 4.78 is 37.3. The van der Waals surface area contributed by atoms with E-state index in [4.69, 9.17) is 0 Å². The largest absolute Gasteiger partial charge is 0.575 e. The van der Waals surface area contributed by atoms with Gasteiger partial charge in [-0.25, -0.2) is 0 Å². The summed E-state index contributed by atoms with van der Waals surface area (Å²) in [4.78, 5) is 10.5. The van der Waals surface area contributed by atoms with Gasteiger partial charge in [0.25, 0.3) is 0 Å². The molecule has 1 rings (SSSR count). The predicted molar refractivity (Wildman–Crippen MR) is 29.4 cm³/mol. The first-order chi connectivity index (χ1) is 4.90. The van der Waals surface area contributed by atoms with E-state index in [1.54, 1.807) is 6.92 Å². The molecule has 1 fully saturated rings. The molecule has 2 nitrogen and oxygen atoms in total. The molecule has 0 aromatic carbocycles. The number of hydrogen-bond acceptors (Lipinski definition) is 2. The van der Waals surface area contributed by atoms with Crippen LogP contribution < -0.4 is 0 Å². The predicted octanol–water partition coefficient (Wildman–Crippen LogP) is 1.71. The van der Waals surface area contributed by atoms with Crippen LogP contribution in [0.1, 0.15) is 13.3 Å². The fraction of sp³-hybridized carbons (Fsp3) is 0.833. The van der Waals surface area contributed by atoms with E-state index in [9.17, 15) is 18.0 Å². The molecule has 1 saturated carbocycles. The van der Waals surface area contributed by atoms with Crippen LogP contribution in [0.25, 0.3) is 0 Å². The van der Waals surface area contributed by atoms with Crippen molar-refractivity contribution < 1.29 is 22.7 Å². The average Bonchev–Trinajstić information content (AvgIpc) is 2.41. The number of carbonyl (C=O) groups excluding carboxylic acids is 1. The quantitative estimate of drug-likeness (QED) is 0.557. The fourth-order valence-electron chi connectivity index (χ4n) is 0.840. The smallest absolute Gasteiger partial charge is 0.373 e. The van der Waals surface area contributed by atoms with E-state index in [0.29, 0.717) is 6.42 Å². The highest BCUT2D eigenvalue weighted by Gasteiger charge is 2.45. The van der Waals surface area contributed by atoms with Crippen molar-refractivity contribution in [3.63, 3.8) is 0 Å². The summed E-state index contributed by atoms with van der Waals surface area (Å²) >= 11 is 0. The first-order valence-corrected chi connectivity index (χ1v) is 3.20. The number of esters is 1. The van der Waals surface area contributed by atoms with Gasteiger partial charge in [0.15, 0.2) is 0 Å². The molecule has 0 radical (unpaired) electrons. The third-order valence-electron chi connectivity index (χ3n) is 1.63. The second-order valence-electron chi connectivity index (χ2n) is 2.69. The zero-order chi connectivity index (χ0) is 8.65. The van der Waals surface area contributed by atoms with Crippen molar-refractivity contribution in [2.45, 2.75) is 19.7 Å². The summed E-state index contributed by atoms with van der Waals surface area (Å²) in [5.41, 5.74) is 0. The SMILES string of the molecule is CC1CC1C(=O)OC(F)(F)F. The van der Waals surface area contributed by atoms with Gasteiger partial charge in [0.2, 0.25) is 0 Å². The number of hydrogen-bond donors (Lipinski definition) is 0. The molecule has 2 unspecified atom stereocenters. The standard InChI is InChI=1S/C6H7F3O2/c1-3-2-4(3)5(10)11-6(7,8)9/h3-4H,2H2,1H3. The van der Waals surface area contributed by atoms with Crippen molar-refractivity contribution in [3.8, 4) is 0 Å². The Labute approximate surface area is 61.3 Å². The molecule has 0 aromatic rings. The van der Waals surface area contributed by atoms with Gasteiger partial charge in [0, 0.05) is 0 Å². The van der Waals surface area contributed by atoms with E-state index in [2.05, 4.69) is 4.74 Å². The van der Waals surface area contributed by atoms with E-state index in [0.717, 1.165) is 0 Å². The molecule has 64 valence electrons. The summed E-state index contributed by atoms with van der Waals surface area (Å²) in [6.45, 7) is 1.71. The minimum absolute atomic E-state index is 0.0462. The first-order valence-electron chi connectivity index (χ1n) is 3.20. The zero-order valence-electron chi connectivity index (χ0n) is 5.81. The van der Waals surface area contributed by atoms with E-state index in [1.807, 2.05) is 0 Å². The Morgan fingerprint density at radius 1 is 1.55 bits per heavy atom. The van der Waals surface area contributed by atoms with Gasteiger partial charge in [0.05, 0.1) is 5.92 Å². The lowest BCUT2D eigenvalue weighted by Crippen LogP contribution is -2.20. The first kappa shape index (κ1) is 8.36. The minimum Gasteiger partial charge on any atom is -0.373 e. The van der Waals surface area contributed by atoms with Crippen LogP contribution in [0.5, 0.6) is 0 Å². The number of ether oxygens (including phenoxy) is 1. The molecule has 0 amide bonds. The molecule has 0 spiro atoms. The maximum absolute atomic E-state index is 11.4. The Hall–Kier alpha value is -0.740. The summed E-state index contributed by atoms with van der Waals surface area (Å²) in [5.74, 6) is -1.63. The van der Waals surface area contributed by atoms with Crippen LogP contribution >= 0.6 is 0 Å². The number of alkyl halides is 3. The summed E-state index contributed by atoms with van der Waals surface area (Å²) in [6, 6.07) is 0. The normalized spacial score (nSPS) is 29.8. The number of halogens is 3. The highest BCUT2D eigenvalue weighted by Crippen LogP contribution is 2.39. The average molecular weight is 168 g/mol. The van der Waals surface area contributed by atoms with E-state index >= 15 is 0 Å². The van der Waals surface area contributed by atoms with Crippen LogP contribution in [0.4, 0.5) is 13.2 Å². The Morgan fingerprint density at radius 3 is 2.27 bits per heavy atom. The second-order valence-corrected chi connectivity index (χ2v) is 2.69. The maximum atomic E-state index is 11.4. The fourth-order valence-corrected chi connectivity index (χ4v) is 0.840. The summed E-state index contributed by atoms with van der Waals surface area (Å²) in [5, 5.41) is 0. The molecule has 0 aliphatic heterocycles. The number of carbonyl (C=O) groups is 1. The second kappa shape index (κ2) is 2.39. The molecular formula is C6H7F3O2. The van der Waals surface area contributed by atoms with Gasteiger partial charge in [-0.1, -0.05) is 6.92 Å². The lowest BCUT2D eigenvalue weighted by Gasteiger charge is -2.05. The van der Waals surface area contributed by atoms with Crippen LogP contribution in [-0.4, -0.2) is 12.3 Å². The number of rotatable bonds is 1. The highest BCUT2D eigenvalue weighted by atomic mass is 19.4. The zero-order valence-corrected chi connectivity index (χ0v) is 5.81. The molecule has 0 aromatic heterocycles. The molecule has 0 N–H and O–H groups in total. The Bertz CT molecular complexity index is 175. The van der Waals surface area contributed by atoms with E-state index in [-0.39, 0.29) is 5.92 Å². The van der Waals surface area contributed by atoms with Gasteiger partial charge in [-0.15, -0.1) is 13.2 Å². The van der Waals surface area contributed by atoms with E-state index in [1.165, 1.54) is 0 Å². The van der Waals surface area contributed by atoms with Crippen LogP contribution in [0.3, 0.4) is 0 Å². The van der Waals surface area contributed by atoms with Crippen molar-refractivity contribution in [3.05, 3.63) is 0 Å². The molecule has 0 heterocycles. The monoisotopic (exact) mass is 168 g/mol. The molecule has 5 heteroatoms. The Balaban J connectivity index is 2.33. The molecule has 11 heavy (non-hydrogen) atoms. The topological polar surface area (TPSA) is 26.3 Å². The molecule has 0 saturated heterocycles. The Kier molecular flexibility index (Phi) is 1.82. The molecule has 0 bridgehead atoms. The minimum atomic E-state index is -4.82. The van der Waals surface area contributed by atoms with Gasteiger partial charge in [0.1, 0.15) is 0 Å². The van der Waals surface area contributed by atoms with Crippen LogP contribution in [0, 0.1) is 11.8 Å². The molecule has 1 aliphatic rings. The van der Waals surface area contributed by atoms with Crippen molar-refractivity contribution in [2.24, 2.45) is 11.8 Å². The van der Waals surface area contributed by atoms with Gasteiger partial charge in [-0.3, -0.25) is 4.79 Å². The van der Waals surface area contributed by atoms with Crippen molar-refractivity contribution in [1.29, 1.82) is 0 Å². The molecular weight excluding hydrogens is 161 g/mol. The van der Waals surface area contributed by atoms with Gasteiger partial charge in [-0.2, -0.15) is 0 Å². The highest BCUT2D eigenvalue weighted by molar-refractivity contribution is 5.75.